The molecule has 16 heavy (non-hydrogen) atoms. The van der Waals surface area contributed by atoms with Gasteiger partial charge >= 0.3 is 6.03 Å². The average molecular weight is 218 g/mol. The Balaban J connectivity index is 2.84. The van der Waals surface area contributed by atoms with Gasteiger partial charge in [-0.15, -0.1) is 0 Å². The molecule has 1 rings (SSSR count). The van der Waals surface area contributed by atoms with E-state index in [0.29, 0.717) is 12.1 Å². The summed E-state index contributed by atoms with van der Waals surface area (Å²) < 4.78 is 0. The number of aliphatic hydroxyl groups is 1. The summed E-state index contributed by atoms with van der Waals surface area (Å²) in [6.45, 7) is 0.0397. The van der Waals surface area contributed by atoms with Gasteiger partial charge in [-0.3, -0.25) is 0 Å². The van der Waals surface area contributed by atoms with Crippen LogP contribution in [0.3, 0.4) is 0 Å². The van der Waals surface area contributed by atoms with E-state index in [9.17, 15) is 4.79 Å². The van der Waals surface area contributed by atoms with Crippen LogP contribution in [0, 0.1) is 11.8 Å². The molecule has 0 atom stereocenters. The van der Waals surface area contributed by atoms with Crippen molar-refractivity contribution in [3.05, 3.63) is 29.8 Å². The van der Waals surface area contributed by atoms with Crippen molar-refractivity contribution in [3.63, 3.8) is 0 Å². The van der Waals surface area contributed by atoms with Gasteiger partial charge < -0.3 is 15.7 Å². The van der Waals surface area contributed by atoms with Gasteiger partial charge in [0.25, 0.3) is 0 Å². The SMILES string of the molecule is CNC(=O)Nc1ccccc1C#CCCO. The number of rotatable bonds is 2. The van der Waals surface area contributed by atoms with Crippen LogP contribution in [0.5, 0.6) is 0 Å². The van der Waals surface area contributed by atoms with Gasteiger partial charge in [0.2, 0.25) is 0 Å². The Bertz CT molecular complexity index is 419. The maximum Gasteiger partial charge on any atom is 0.319 e. The number of para-hydroxylation sites is 1. The van der Waals surface area contributed by atoms with Gasteiger partial charge in [-0.2, -0.15) is 0 Å². The van der Waals surface area contributed by atoms with Crippen molar-refractivity contribution in [1.29, 1.82) is 0 Å². The smallest absolute Gasteiger partial charge is 0.319 e. The molecular weight excluding hydrogens is 204 g/mol. The summed E-state index contributed by atoms with van der Waals surface area (Å²) in [7, 11) is 1.55. The second kappa shape index (κ2) is 6.49. The Morgan fingerprint density at radius 2 is 2.19 bits per heavy atom. The fourth-order valence-electron chi connectivity index (χ4n) is 1.10. The highest BCUT2D eigenvalue weighted by Gasteiger charge is 2.01. The third kappa shape index (κ3) is 3.64. The summed E-state index contributed by atoms with van der Waals surface area (Å²) in [5, 5.41) is 13.8. The van der Waals surface area contributed by atoms with Gasteiger partial charge in [-0.05, 0) is 12.1 Å². The highest BCUT2D eigenvalue weighted by Crippen LogP contribution is 2.13. The van der Waals surface area contributed by atoms with Crippen molar-refractivity contribution in [2.45, 2.75) is 6.42 Å². The normalized spacial score (nSPS) is 8.88. The number of anilines is 1. The van der Waals surface area contributed by atoms with E-state index in [0.717, 1.165) is 5.56 Å². The number of benzene rings is 1. The minimum atomic E-state index is -0.281. The summed E-state index contributed by atoms with van der Waals surface area (Å²) in [6, 6.07) is 6.98. The predicted octanol–water partition coefficient (Wildman–Crippen LogP) is 1.17. The molecule has 4 heteroatoms. The zero-order valence-corrected chi connectivity index (χ0v) is 9.08. The topological polar surface area (TPSA) is 61.4 Å². The standard InChI is InChI=1S/C12H14N2O2/c1-13-12(16)14-11-8-3-2-6-10(11)7-4-5-9-15/h2-3,6,8,15H,5,9H2,1H3,(H2,13,14,16). The lowest BCUT2D eigenvalue weighted by Gasteiger charge is -2.05. The zero-order chi connectivity index (χ0) is 11.8. The zero-order valence-electron chi connectivity index (χ0n) is 9.08. The third-order valence-electron chi connectivity index (χ3n) is 1.86. The minimum Gasteiger partial charge on any atom is -0.395 e. The molecular formula is C12H14N2O2. The summed E-state index contributed by atoms with van der Waals surface area (Å²) in [6.07, 6.45) is 0.425. The summed E-state index contributed by atoms with van der Waals surface area (Å²) in [5.41, 5.74) is 1.40. The molecule has 0 unspecified atom stereocenters. The van der Waals surface area contributed by atoms with Gasteiger partial charge in [-0.25, -0.2) is 4.79 Å². The van der Waals surface area contributed by atoms with Crippen LogP contribution < -0.4 is 10.6 Å². The second-order valence-corrected chi connectivity index (χ2v) is 3.03. The number of hydrogen-bond acceptors (Lipinski definition) is 2. The molecule has 0 spiro atoms. The quantitative estimate of drug-likeness (QED) is 0.652. The van der Waals surface area contributed by atoms with Gasteiger partial charge in [0.15, 0.2) is 0 Å². The van der Waals surface area contributed by atoms with Crippen molar-refractivity contribution in [2.24, 2.45) is 0 Å². The molecule has 0 aliphatic heterocycles. The first-order valence-electron chi connectivity index (χ1n) is 4.95. The summed E-state index contributed by atoms with van der Waals surface area (Å²) >= 11 is 0. The van der Waals surface area contributed by atoms with Gasteiger partial charge in [0, 0.05) is 19.0 Å². The molecule has 0 heterocycles. The van der Waals surface area contributed by atoms with E-state index < -0.39 is 0 Å². The van der Waals surface area contributed by atoms with Crippen LogP contribution in [-0.4, -0.2) is 24.8 Å². The van der Waals surface area contributed by atoms with E-state index in [2.05, 4.69) is 22.5 Å². The number of urea groups is 1. The number of hydrogen-bond donors (Lipinski definition) is 3. The highest BCUT2D eigenvalue weighted by molar-refractivity contribution is 5.90. The maximum atomic E-state index is 11.2. The van der Waals surface area contributed by atoms with Crippen LogP contribution in [0.2, 0.25) is 0 Å². The summed E-state index contributed by atoms with van der Waals surface area (Å²) in [4.78, 5) is 11.2. The average Bonchev–Trinajstić information content (AvgIpc) is 2.31. The number of carbonyl (C=O) groups excluding carboxylic acids is 1. The lowest BCUT2D eigenvalue weighted by atomic mass is 10.2. The lowest BCUT2D eigenvalue weighted by molar-refractivity contribution is 0.254. The van der Waals surface area contributed by atoms with E-state index in [1.54, 1.807) is 13.1 Å². The Kier molecular flexibility index (Phi) is 4.90. The van der Waals surface area contributed by atoms with Crippen LogP contribution in [0.4, 0.5) is 10.5 Å². The van der Waals surface area contributed by atoms with Crippen molar-refractivity contribution in [3.8, 4) is 11.8 Å². The molecule has 0 radical (unpaired) electrons. The third-order valence-corrected chi connectivity index (χ3v) is 1.86. The van der Waals surface area contributed by atoms with Crippen LogP contribution in [-0.2, 0) is 0 Å². The van der Waals surface area contributed by atoms with Crippen molar-refractivity contribution in [1.82, 2.24) is 5.32 Å². The van der Waals surface area contributed by atoms with Gasteiger partial charge in [-0.1, -0.05) is 24.0 Å². The molecule has 84 valence electrons. The Labute approximate surface area is 94.7 Å². The first-order chi connectivity index (χ1) is 7.77. The van der Waals surface area contributed by atoms with Crippen molar-refractivity contribution < 1.29 is 9.90 Å². The Hall–Kier alpha value is -1.99. The second-order valence-electron chi connectivity index (χ2n) is 3.03. The fourth-order valence-corrected chi connectivity index (χ4v) is 1.10. The van der Waals surface area contributed by atoms with E-state index in [1.165, 1.54) is 0 Å². The first kappa shape index (κ1) is 12.1. The predicted molar refractivity (Wildman–Crippen MR) is 63.1 cm³/mol. The van der Waals surface area contributed by atoms with E-state index in [4.69, 9.17) is 5.11 Å². The number of carbonyl (C=O) groups is 1. The molecule has 0 saturated carbocycles. The minimum absolute atomic E-state index is 0.0397. The molecule has 0 saturated heterocycles. The molecule has 0 fully saturated rings. The van der Waals surface area contributed by atoms with Gasteiger partial charge in [0.05, 0.1) is 12.3 Å². The maximum absolute atomic E-state index is 11.2. The van der Waals surface area contributed by atoms with Crippen LogP contribution in [0.15, 0.2) is 24.3 Å². The van der Waals surface area contributed by atoms with E-state index in [1.807, 2.05) is 18.2 Å². The molecule has 4 nitrogen and oxygen atoms in total. The molecule has 3 N–H and O–H groups in total. The van der Waals surface area contributed by atoms with Crippen molar-refractivity contribution in [2.75, 3.05) is 19.0 Å². The van der Waals surface area contributed by atoms with Crippen LogP contribution >= 0.6 is 0 Å². The molecule has 0 bridgehead atoms. The molecule has 1 aromatic carbocycles. The monoisotopic (exact) mass is 218 g/mol. The van der Waals surface area contributed by atoms with E-state index >= 15 is 0 Å². The lowest BCUT2D eigenvalue weighted by Crippen LogP contribution is -2.24. The molecule has 0 aromatic heterocycles. The first-order valence-corrected chi connectivity index (χ1v) is 4.95. The Morgan fingerprint density at radius 1 is 1.44 bits per heavy atom. The van der Waals surface area contributed by atoms with Gasteiger partial charge in [0.1, 0.15) is 0 Å². The molecule has 0 aliphatic rings. The summed E-state index contributed by atoms with van der Waals surface area (Å²) in [5.74, 6) is 5.70. The van der Waals surface area contributed by atoms with Crippen molar-refractivity contribution >= 4 is 11.7 Å². The van der Waals surface area contributed by atoms with Crippen LogP contribution in [0.25, 0.3) is 0 Å². The Morgan fingerprint density at radius 3 is 2.88 bits per heavy atom. The largest absolute Gasteiger partial charge is 0.395 e. The number of amides is 2. The van der Waals surface area contributed by atoms with Crippen LogP contribution in [0.1, 0.15) is 12.0 Å². The molecule has 2 amide bonds. The molecule has 1 aromatic rings. The fraction of sp³-hybridized carbons (Fsp3) is 0.250. The van der Waals surface area contributed by atoms with E-state index in [-0.39, 0.29) is 12.6 Å². The number of aliphatic hydroxyl groups excluding tert-OH is 1. The molecule has 0 aliphatic carbocycles. The highest BCUT2D eigenvalue weighted by atomic mass is 16.2. The number of nitrogens with one attached hydrogen (secondary N) is 2.